The minimum absolute atomic E-state index is 0.114. The van der Waals surface area contributed by atoms with Crippen molar-refractivity contribution < 1.29 is 14.3 Å². The molecule has 0 bridgehead atoms. The van der Waals surface area contributed by atoms with Crippen molar-refractivity contribution in [3.05, 3.63) is 22.9 Å². The quantitative estimate of drug-likeness (QED) is 0.429. The number of rotatable bonds is 7. The van der Waals surface area contributed by atoms with E-state index in [1.807, 2.05) is 26.8 Å². The smallest absolute Gasteiger partial charge is 0.319 e. The molecule has 0 amide bonds. The topological polar surface area (TPSA) is 85.1 Å². The Balaban J connectivity index is 2.71. The fraction of sp³-hybridized carbons (Fsp3) is 0.579. The van der Waals surface area contributed by atoms with Crippen molar-refractivity contribution >= 4 is 6.29 Å². The molecule has 0 saturated heterocycles. The second-order valence-electron chi connectivity index (χ2n) is 6.26. The first-order chi connectivity index (χ1) is 12.0. The van der Waals surface area contributed by atoms with Gasteiger partial charge in [-0.3, -0.25) is 4.79 Å². The molecule has 0 saturated carbocycles. The fourth-order valence-electron chi connectivity index (χ4n) is 3.61. The molecule has 2 rings (SSSR count). The molecule has 0 aliphatic heterocycles. The molecule has 0 aromatic carbocycles. The minimum atomic E-state index is -0.547. The van der Waals surface area contributed by atoms with Crippen molar-refractivity contribution in [2.75, 3.05) is 13.2 Å². The van der Waals surface area contributed by atoms with E-state index >= 15 is 0 Å². The number of allylic oxidation sites excluding steroid dienone is 2. The SMILES string of the molecule is CCOc1nc(OCC)c2c(n1)C(C)(C=C(C#N)C=O)C(CC)CC2. The van der Waals surface area contributed by atoms with Gasteiger partial charge < -0.3 is 9.47 Å². The van der Waals surface area contributed by atoms with Crippen LogP contribution in [0, 0.1) is 17.2 Å². The third-order valence-corrected chi connectivity index (χ3v) is 4.81. The number of ether oxygens (including phenoxy) is 2. The average molecular weight is 343 g/mol. The second-order valence-corrected chi connectivity index (χ2v) is 6.26. The van der Waals surface area contributed by atoms with Crippen LogP contribution >= 0.6 is 0 Å². The Bertz CT molecular complexity index is 709. The summed E-state index contributed by atoms with van der Waals surface area (Å²) >= 11 is 0. The van der Waals surface area contributed by atoms with Gasteiger partial charge in [-0.05, 0) is 32.6 Å². The molecule has 6 nitrogen and oxygen atoms in total. The van der Waals surface area contributed by atoms with Crippen molar-refractivity contribution in [1.82, 2.24) is 9.97 Å². The van der Waals surface area contributed by atoms with E-state index in [-0.39, 0.29) is 17.5 Å². The van der Waals surface area contributed by atoms with Crippen molar-refractivity contribution in [2.24, 2.45) is 5.92 Å². The van der Waals surface area contributed by atoms with Crippen LogP contribution in [0.5, 0.6) is 11.9 Å². The maximum Gasteiger partial charge on any atom is 0.319 e. The lowest BCUT2D eigenvalue weighted by Gasteiger charge is -2.40. The van der Waals surface area contributed by atoms with Gasteiger partial charge in [-0.25, -0.2) is 0 Å². The lowest BCUT2D eigenvalue weighted by Crippen LogP contribution is -2.37. The maximum atomic E-state index is 11.2. The molecule has 0 N–H and O–H groups in total. The Morgan fingerprint density at radius 1 is 1.32 bits per heavy atom. The molecule has 0 radical (unpaired) electrons. The summed E-state index contributed by atoms with van der Waals surface area (Å²) in [5.74, 6) is 0.803. The van der Waals surface area contributed by atoms with Crippen LogP contribution in [0.4, 0.5) is 0 Å². The van der Waals surface area contributed by atoms with Gasteiger partial charge >= 0.3 is 6.01 Å². The van der Waals surface area contributed by atoms with Crippen LogP contribution in [0.25, 0.3) is 0 Å². The second kappa shape index (κ2) is 8.11. The summed E-state index contributed by atoms with van der Waals surface area (Å²) in [5.41, 5.74) is 1.30. The Hall–Kier alpha value is -2.42. The number of carbonyl (C=O) groups is 1. The Labute approximate surface area is 148 Å². The van der Waals surface area contributed by atoms with Gasteiger partial charge in [-0.2, -0.15) is 15.2 Å². The van der Waals surface area contributed by atoms with E-state index in [4.69, 9.17) is 9.47 Å². The van der Waals surface area contributed by atoms with Crippen LogP contribution in [0.2, 0.25) is 0 Å². The monoisotopic (exact) mass is 343 g/mol. The summed E-state index contributed by atoms with van der Waals surface area (Å²) in [4.78, 5) is 20.3. The van der Waals surface area contributed by atoms with Gasteiger partial charge in [0, 0.05) is 11.0 Å². The van der Waals surface area contributed by atoms with Gasteiger partial charge in [0.05, 0.1) is 24.5 Å². The highest BCUT2D eigenvalue weighted by molar-refractivity contribution is 5.79. The first kappa shape index (κ1) is 18.9. The number of nitrogens with zero attached hydrogens (tertiary/aromatic N) is 3. The molecule has 1 aliphatic rings. The Morgan fingerprint density at radius 3 is 2.60 bits per heavy atom. The van der Waals surface area contributed by atoms with Gasteiger partial charge in [0.1, 0.15) is 6.07 Å². The van der Waals surface area contributed by atoms with Gasteiger partial charge in [0.2, 0.25) is 5.88 Å². The van der Waals surface area contributed by atoms with E-state index < -0.39 is 5.41 Å². The number of hydrogen-bond acceptors (Lipinski definition) is 6. The molecule has 1 aliphatic carbocycles. The summed E-state index contributed by atoms with van der Waals surface area (Å²) in [6, 6.07) is 2.24. The fourth-order valence-corrected chi connectivity index (χ4v) is 3.61. The molecule has 1 aromatic rings. The summed E-state index contributed by atoms with van der Waals surface area (Å²) in [5, 5.41) is 9.22. The van der Waals surface area contributed by atoms with Gasteiger partial charge in [0.25, 0.3) is 0 Å². The molecule has 25 heavy (non-hydrogen) atoms. The number of fused-ring (bicyclic) bond motifs is 1. The normalized spacial score (nSPS) is 22.7. The third kappa shape index (κ3) is 3.65. The number of aldehydes is 1. The van der Waals surface area contributed by atoms with E-state index in [0.717, 1.165) is 30.5 Å². The maximum absolute atomic E-state index is 11.2. The van der Waals surface area contributed by atoms with Crippen molar-refractivity contribution in [3.8, 4) is 18.0 Å². The lowest BCUT2D eigenvalue weighted by atomic mass is 9.65. The molecule has 1 heterocycles. The molecular formula is C19H25N3O3. The van der Waals surface area contributed by atoms with E-state index in [1.165, 1.54) is 0 Å². The summed E-state index contributed by atoms with van der Waals surface area (Å²) in [7, 11) is 0. The van der Waals surface area contributed by atoms with Crippen molar-refractivity contribution in [2.45, 2.75) is 52.4 Å². The van der Waals surface area contributed by atoms with Gasteiger partial charge in [0.15, 0.2) is 6.29 Å². The predicted molar refractivity (Wildman–Crippen MR) is 93.6 cm³/mol. The zero-order chi connectivity index (χ0) is 18.4. The molecule has 2 unspecified atom stereocenters. The zero-order valence-electron chi connectivity index (χ0n) is 15.3. The van der Waals surface area contributed by atoms with E-state index in [2.05, 4.69) is 16.9 Å². The largest absolute Gasteiger partial charge is 0.478 e. The third-order valence-electron chi connectivity index (χ3n) is 4.81. The van der Waals surface area contributed by atoms with Crippen LogP contribution in [-0.2, 0) is 16.6 Å². The number of hydrogen-bond donors (Lipinski definition) is 0. The Kier molecular flexibility index (Phi) is 6.13. The van der Waals surface area contributed by atoms with Crippen LogP contribution in [0.15, 0.2) is 11.6 Å². The first-order valence-corrected chi connectivity index (χ1v) is 8.79. The summed E-state index contributed by atoms with van der Waals surface area (Å²) in [6.07, 6.45) is 4.99. The standard InChI is InChI=1S/C19H25N3O3/c1-5-14-8-9-15-16(19(14,4)10-13(11-20)12-23)21-18(25-7-3)22-17(15)24-6-2/h10,12,14H,5-9H2,1-4H3. The number of aromatic nitrogens is 2. The molecular weight excluding hydrogens is 318 g/mol. The molecule has 134 valence electrons. The average Bonchev–Trinajstić information content (AvgIpc) is 2.61. The minimum Gasteiger partial charge on any atom is -0.478 e. The zero-order valence-corrected chi connectivity index (χ0v) is 15.3. The first-order valence-electron chi connectivity index (χ1n) is 8.79. The highest BCUT2D eigenvalue weighted by atomic mass is 16.5. The number of nitriles is 1. The van der Waals surface area contributed by atoms with E-state index in [0.29, 0.717) is 25.4 Å². The van der Waals surface area contributed by atoms with Crippen LogP contribution in [0.1, 0.15) is 51.8 Å². The molecule has 0 fully saturated rings. The van der Waals surface area contributed by atoms with E-state index in [1.54, 1.807) is 6.08 Å². The van der Waals surface area contributed by atoms with Gasteiger partial charge in [-0.15, -0.1) is 0 Å². The van der Waals surface area contributed by atoms with Crippen LogP contribution < -0.4 is 9.47 Å². The van der Waals surface area contributed by atoms with Crippen molar-refractivity contribution in [3.63, 3.8) is 0 Å². The van der Waals surface area contributed by atoms with Crippen LogP contribution in [-0.4, -0.2) is 29.5 Å². The number of carbonyl (C=O) groups excluding carboxylic acids is 1. The summed E-state index contributed by atoms with van der Waals surface area (Å²) in [6.45, 7) is 8.87. The van der Waals surface area contributed by atoms with Crippen molar-refractivity contribution in [1.29, 1.82) is 5.26 Å². The molecule has 1 aromatic heterocycles. The van der Waals surface area contributed by atoms with E-state index in [9.17, 15) is 10.1 Å². The molecule has 6 heteroatoms. The molecule has 0 spiro atoms. The highest BCUT2D eigenvalue weighted by Gasteiger charge is 2.42. The highest BCUT2D eigenvalue weighted by Crippen LogP contribution is 2.46. The van der Waals surface area contributed by atoms with Crippen LogP contribution in [0.3, 0.4) is 0 Å². The molecule has 2 atom stereocenters. The van der Waals surface area contributed by atoms with Gasteiger partial charge in [-0.1, -0.05) is 26.3 Å². The Morgan fingerprint density at radius 2 is 2.04 bits per heavy atom. The lowest BCUT2D eigenvalue weighted by molar-refractivity contribution is -0.104. The summed E-state index contributed by atoms with van der Waals surface area (Å²) < 4.78 is 11.2. The predicted octanol–water partition coefficient (Wildman–Crippen LogP) is 3.15.